The summed E-state index contributed by atoms with van der Waals surface area (Å²) in [6.45, 7) is 5.79. The van der Waals surface area contributed by atoms with Crippen LogP contribution in [0.1, 0.15) is 48.7 Å². The molecule has 142 valence electrons. The van der Waals surface area contributed by atoms with E-state index in [1.165, 1.54) is 12.1 Å². The van der Waals surface area contributed by atoms with E-state index in [4.69, 9.17) is 0 Å². The van der Waals surface area contributed by atoms with Crippen molar-refractivity contribution in [1.82, 2.24) is 10.3 Å². The molecule has 0 aliphatic carbocycles. The Bertz CT molecular complexity index is 817. The predicted molar refractivity (Wildman–Crippen MR) is 104 cm³/mol. The predicted octanol–water partition coefficient (Wildman–Crippen LogP) is 3.72. The Morgan fingerprint density at radius 1 is 1.26 bits per heavy atom. The zero-order chi connectivity index (χ0) is 19.4. The van der Waals surface area contributed by atoms with Gasteiger partial charge in [-0.05, 0) is 49.4 Å². The largest absolute Gasteiger partial charge is 0.371 e. The summed E-state index contributed by atoms with van der Waals surface area (Å²) < 4.78 is 0. The highest BCUT2D eigenvalue weighted by Crippen LogP contribution is 2.29. The monoisotopic (exact) mass is 368 g/mol. The van der Waals surface area contributed by atoms with Crippen molar-refractivity contribution in [3.63, 3.8) is 0 Å². The Hall–Kier alpha value is -2.96. The molecule has 0 radical (unpaired) electrons. The number of nitrogens with one attached hydrogen (secondary N) is 1. The van der Waals surface area contributed by atoms with Crippen molar-refractivity contribution in [3.05, 3.63) is 64.0 Å². The van der Waals surface area contributed by atoms with Crippen molar-refractivity contribution in [1.29, 1.82) is 0 Å². The molecular weight excluding hydrogens is 344 g/mol. The van der Waals surface area contributed by atoms with E-state index in [2.05, 4.69) is 22.1 Å². The molecule has 2 heterocycles. The van der Waals surface area contributed by atoms with Crippen LogP contribution in [0.3, 0.4) is 0 Å². The van der Waals surface area contributed by atoms with Crippen LogP contribution in [0.2, 0.25) is 0 Å². The normalized spacial score (nSPS) is 16.0. The van der Waals surface area contributed by atoms with Crippen LogP contribution < -0.4 is 10.2 Å². The number of hydrogen-bond donors (Lipinski definition) is 1. The highest BCUT2D eigenvalue weighted by Gasteiger charge is 2.24. The summed E-state index contributed by atoms with van der Waals surface area (Å²) >= 11 is 0. The van der Waals surface area contributed by atoms with Crippen molar-refractivity contribution < 1.29 is 9.72 Å². The standard InChI is InChI=1S/C20H24N4O3/c1-14-7-11-23(12-8-14)19-4-3-17(24(26)27)13-18(19)20(25)22-15(2)16-5-9-21-10-6-16/h3-6,9-10,13-15H,7-8,11-12H2,1-2H3,(H,22,25). The van der Waals surface area contributed by atoms with Gasteiger partial charge in [-0.15, -0.1) is 0 Å². The first-order chi connectivity index (χ1) is 13.0. The van der Waals surface area contributed by atoms with E-state index in [0.29, 0.717) is 11.5 Å². The topological polar surface area (TPSA) is 88.4 Å². The van der Waals surface area contributed by atoms with Crippen molar-refractivity contribution >= 4 is 17.3 Å². The number of rotatable bonds is 5. The van der Waals surface area contributed by atoms with Crippen LogP contribution in [0.4, 0.5) is 11.4 Å². The van der Waals surface area contributed by atoms with Crippen molar-refractivity contribution in [3.8, 4) is 0 Å². The molecule has 3 rings (SSSR count). The highest BCUT2D eigenvalue weighted by molar-refractivity contribution is 6.00. The zero-order valence-corrected chi connectivity index (χ0v) is 15.6. The van der Waals surface area contributed by atoms with Crippen LogP contribution in [0, 0.1) is 16.0 Å². The van der Waals surface area contributed by atoms with Gasteiger partial charge in [0.05, 0.1) is 22.2 Å². The Morgan fingerprint density at radius 2 is 1.93 bits per heavy atom. The lowest BCUT2D eigenvalue weighted by Gasteiger charge is -2.33. The summed E-state index contributed by atoms with van der Waals surface area (Å²) in [7, 11) is 0. The zero-order valence-electron chi connectivity index (χ0n) is 15.6. The second-order valence-electron chi connectivity index (χ2n) is 7.10. The van der Waals surface area contributed by atoms with Gasteiger partial charge in [0.15, 0.2) is 0 Å². The number of carbonyl (C=O) groups excluding carboxylic acids is 1. The molecule has 2 aromatic rings. The quantitative estimate of drug-likeness (QED) is 0.642. The average Bonchev–Trinajstić information content (AvgIpc) is 2.68. The Kier molecular flexibility index (Phi) is 5.69. The number of aromatic nitrogens is 1. The number of carbonyl (C=O) groups is 1. The molecule has 1 aromatic heterocycles. The molecule has 1 fully saturated rings. The first kappa shape index (κ1) is 18.8. The second kappa shape index (κ2) is 8.16. The van der Waals surface area contributed by atoms with E-state index in [-0.39, 0.29) is 17.6 Å². The van der Waals surface area contributed by atoms with Crippen LogP contribution in [0.25, 0.3) is 0 Å². The summed E-state index contributed by atoms with van der Waals surface area (Å²) in [6, 6.07) is 7.99. The average molecular weight is 368 g/mol. The first-order valence-corrected chi connectivity index (χ1v) is 9.20. The van der Waals surface area contributed by atoms with Crippen LogP contribution >= 0.6 is 0 Å². The number of anilines is 1. The molecule has 0 bridgehead atoms. The molecular formula is C20H24N4O3. The fraction of sp³-hybridized carbons (Fsp3) is 0.400. The van der Waals surface area contributed by atoms with E-state index in [9.17, 15) is 14.9 Å². The smallest absolute Gasteiger partial charge is 0.270 e. The summed E-state index contributed by atoms with van der Waals surface area (Å²) in [6.07, 6.45) is 5.44. The molecule has 1 saturated heterocycles. The van der Waals surface area contributed by atoms with Gasteiger partial charge in [0.25, 0.3) is 11.6 Å². The molecule has 1 unspecified atom stereocenters. The highest BCUT2D eigenvalue weighted by atomic mass is 16.6. The number of amides is 1. The van der Waals surface area contributed by atoms with Gasteiger partial charge in [0, 0.05) is 37.6 Å². The summed E-state index contributed by atoms with van der Waals surface area (Å²) in [5, 5.41) is 14.2. The molecule has 7 nitrogen and oxygen atoms in total. The van der Waals surface area contributed by atoms with Gasteiger partial charge in [0.1, 0.15) is 0 Å². The van der Waals surface area contributed by atoms with Gasteiger partial charge in [-0.3, -0.25) is 19.9 Å². The van der Waals surface area contributed by atoms with Crippen molar-refractivity contribution in [2.75, 3.05) is 18.0 Å². The van der Waals surface area contributed by atoms with E-state index in [1.807, 2.05) is 19.1 Å². The van der Waals surface area contributed by atoms with E-state index >= 15 is 0 Å². The molecule has 1 amide bonds. The lowest BCUT2D eigenvalue weighted by molar-refractivity contribution is -0.384. The van der Waals surface area contributed by atoms with Crippen LogP contribution in [-0.4, -0.2) is 28.9 Å². The fourth-order valence-corrected chi connectivity index (χ4v) is 3.35. The molecule has 7 heteroatoms. The van der Waals surface area contributed by atoms with Crippen LogP contribution in [-0.2, 0) is 0 Å². The molecule has 0 spiro atoms. The SMILES string of the molecule is CC1CCN(c2ccc([N+](=O)[O-])cc2C(=O)NC(C)c2ccncc2)CC1. The lowest BCUT2D eigenvalue weighted by Crippen LogP contribution is -2.35. The van der Waals surface area contributed by atoms with Gasteiger partial charge in [0.2, 0.25) is 0 Å². The Balaban J connectivity index is 1.87. The molecule has 1 aliphatic rings. The Morgan fingerprint density at radius 3 is 2.56 bits per heavy atom. The van der Waals surface area contributed by atoms with Gasteiger partial charge in [-0.25, -0.2) is 0 Å². The van der Waals surface area contributed by atoms with Gasteiger partial charge in [-0.2, -0.15) is 0 Å². The maximum atomic E-state index is 13.0. The minimum Gasteiger partial charge on any atom is -0.371 e. The van der Waals surface area contributed by atoms with Gasteiger partial charge in [-0.1, -0.05) is 6.92 Å². The van der Waals surface area contributed by atoms with E-state index in [0.717, 1.165) is 37.2 Å². The Labute approximate surface area is 158 Å². The fourth-order valence-electron chi connectivity index (χ4n) is 3.35. The van der Waals surface area contributed by atoms with Crippen molar-refractivity contribution in [2.24, 2.45) is 5.92 Å². The summed E-state index contributed by atoms with van der Waals surface area (Å²) in [4.78, 5) is 29.8. The number of hydrogen-bond acceptors (Lipinski definition) is 5. The molecule has 27 heavy (non-hydrogen) atoms. The minimum absolute atomic E-state index is 0.0779. The molecule has 1 aromatic carbocycles. The van der Waals surface area contributed by atoms with E-state index < -0.39 is 4.92 Å². The molecule has 0 saturated carbocycles. The number of nitro groups is 1. The van der Waals surface area contributed by atoms with Crippen LogP contribution in [0.5, 0.6) is 0 Å². The number of nitrogens with zero attached hydrogens (tertiary/aromatic N) is 3. The maximum Gasteiger partial charge on any atom is 0.270 e. The van der Waals surface area contributed by atoms with Gasteiger partial charge < -0.3 is 10.2 Å². The molecule has 1 N–H and O–H groups in total. The summed E-state index contributed by atoms with van der Waals surface area (Å²) in [5.74, 6) is 0.347. The van der Waals surface area contributed by atoms with Crippen molar-refractivity contribution in [2.45, 2.75) is 32.7 Å². The third-order valence-corrected chi connectivity index (χ3v) is 5.11. The molecule has 1 atom stereocenters. The minimum atomic E-state index is -0.467. The third-order valence-electron chi connectivity index (χ3n) is 5.11. The molecule has 1 aliphatic heterocycles. The number of non-ortho nitro benzene ring substituents is 1. The summed E-state index contributed by atoms with van der Waals surface area (Å²) in [5.41, 5.74) is 1.95. The van der Waals surface area contributed by atoms with Gasteiger partial charge >= 0.3 is 0 Å². The maximum absolute atomic E-state index is 13.0. The second-order valence-corrected chi connectivity index (χ2v) is 7.10. The first-order valence-electron chi connectivity index (χ1n) is 9.20. The third kappa shape index (κ3) is 4.42. The van der Waals surface area contributed by atoms with Crippen LogP contribution in [0.15, 0.2) is 42.7 Å². The number of piperidine rings is 1. The number of benzene rings is 1. The number of pyridine rings is 1. The number of nitro benzene ring substituents is 1. The lowest BCUT2D eigenvalue weighted by atomic mass is 9.97. The van der Waals surface area contributed by atoms with E-state index in [1.54, 1.807) is 18.5 Å².